The van der Waals surface area contributed by atoms with Crippen molar-refractivity contribution in [3.8, 4) is 11.5 Å². The van der Waals surface area contributed by atoms with Crippen LogP contribution in [0.4, 0.5) is 0 Å². The molecule has 2 aromatic carbocycles. The van der Waals surface area contributed by atoms with Crippen LogP contribution in [0.2, 0.25) is 0 Å². The second-order valence-corrected chi connectivity index (χ2v) is 8.26. The van der Waals surface area contributed by atoms with Gasteiger partial charge < -0.3 is 14.6 Å². The van der Waals surface area contributed by atoms with E-state index in [1.807, 2.05) is 61.5 Å². The molecule has 2 aliphatic carbocycles. The molecule has 0 radical (unpaired) electrons. The number of hydrogen-bond acceptors (Lipinski definition) is 3. The number of hydrogen-bond donors (Lipinski definition) is 1. The van der Waals surface area contributed by atoms with Crippen LogP contribution in [0, 0.1) is 17.8 Å². The van der Waals surface area contributed by atoms with Gasteiger partial charge in [-0.05, 0) is 73.3 Å². The standard InChI is InChI=1S/C24H28O4/c1-16(24(25)26)23(18-10-11-18)19-6-5-9-21(14-19)27-15-17-12-22(13-17)28-20-7-3-2-4-8-20/h2-9,14,16-18,22-23H,10-13,15H2,1H3,(H,25,26). The van der Waals surface area contributed by atoms with Crippen molar-refractivity contribution >= 4 is 5.97 Å². The number of rotatable bonds is 9. The lowest BCUT2D eigenvalue weighted by atomic mass is 9.82. The van der Waals surface area contributed by atoms with Gasteiger partial charge in [0, 0.05) is 0 Å². The number of carbonyl (C=O) groups is 1. The molecule has 2 atom stereocenters. The number of carboxylic acid groups (broad SMARTS) is 1. The third-order valence-corrected chi connectivity index (χ3v) is 6.03. The molecule has 0 bridgehead atoms. The SMILES string of the molecule is CC(C(=O)O)C(c1cccc(OCC2CC(Oc3ccccc3)C2)c1)C1CC1. The van der Waals surface area contributed by atoms with Crippen molar-refractivity contribution in [3.63, 3.8) is 0 Å². The summed E-state index contributed by atoms with van der Waals surface area (Å²) in [5.41, 5.74) is 1.09. The van der Waals surface area contributed by atoms with Crippen LogP contribution < -0.4 is 9.47 Å². The minimum absolute atomic E-state index is 0.0772. The maximum Gasteiger partial charge on any atom is 0.306 e. The van der Waals surface area contributed by atoms with E-state index in [0.29, 0.717) is 18.4 Å². The fourth-order valence-electron chi connectivity index (χ4n) is 4.20. The maximum absolute atomic E-state index is 11.5. The Hall–Kier alpha value is -2.49. The van der Waals surface area contributed by atoms with Gasteiger partial charge in [-0.15, -0.1) is 0 Å². The van der Waals surface area contributed by atoms with Crippen molar-refractivity contribution < 1.29 is 19.4 Å². The zero-order valence-corrected chi connectivity index (χ0v) is 16.3. The van der Waals surface area contributed by atoms with Gasteiger partial charge >= 0.3 is 5.97 Å². The first-order valence-corrected chi connectivity index (χ1v) is 10.3. The fourth-order valence-corrected chi connectivity index (χ4v) is 4.20. The average molecular weight is 380 g/mol. The highest BCUT2D eigenvalue weighted by Gasteiger charge is 2.38. The topological polar surface area (TPSA) is 55.8 Å². The quantitative estimate of drug-likeness (QED) is 0.655. The Balaban J connectivity index is 1.29. The summed E-state index contributed by atoms with van der Waals surface area (Å²) in [6, 6.07) is 18.0. The summed E-state index contributed by atoms with van der Waals surface area (Å²) in [5, 5.41) is 9.46. The van der Waals surface area contributed by atoms with Crippen molar-refractivity contribution in [2.75, 3.05) is 6.61 Å². The van der Waals surface area contributed by atoms with Gasteiger partial charge in [0.05, 0.1) is 18.6 Å². The summed E-state index contributed by atoms with van der Waals surface area (Å²) < 4.78 is 12.0. The Bertz CT molecular complexity index is 793. The van der Waals surface area contributed by atoms with Gasteiger partial charge in [-0.2, -0.15) is 0 Å². The van der Waals surface area contributed by atoms with E-state index in [2.05, 4.69) is 0 Å². The molecule has 0 heterocycles. The Kier molecular flexibility index (Phi) is 5.56. The Morgan fingerprint density at radius 1 is 1.07 bits per heavy atom. The Morgan fingerprint density at radius 2 is 1.79 bits per heavy atom. The number of benzene rings is 2. The number of carboxylic acids is 1. The molecular weight excluding hydrogens is 352 g/mol. The van der Waals surface area contributed by atoms with E-state index in [1.54, 1.807) is 0 Å². The van der Waals surface area contributed by atoms with Crippen LogP contribution in [0.25, 0.3) is 0 Å². The molecule has 4 rings (SSSR count). The van der Waals surface area contributed by atoms with E-state index in [-0.39, 0.29) is 17.9 Å². The molecule has 0 amide bonds. The van der Waals surface area contributed by atoms with E-state index >= 15 is 0 Å². The molecule has 1 N–H and O–H groups in total. The van der Waals surface area contributed by atoms with E-state index in [4.69, 9.17) is 9.47 Å². The fraction of sp³-hybridized carbons (Fsp3) is 0.458. The monoisotopic (exact) mass is 380 g/mol. The normalized spacial score (nSPS) is 23.3. The first-order chi connectivity index (χ1) is 13.6. The van der Waals surface area contributed by atoms with E-state index < -0.39 is 5.97 Å². The number of para-hydroxylation sites is 1. The van der Waals surface area contributed by atoms with Crippen LogP contribution in [0.5, 0.6) is 11.5 Å². The molecule has 0 saturated heterocycles. The highest BCUT2D eigenvalue weighted by molar-refractivity contribution is 5.71. The van der Waals surface area contributed by atoms with Gasteiger partial charge in [-0.25, -0.2) is 0 Å². The molecule has 2 aliphatic rings. The molecule has 2 aromatic rings. The minimum atomic E-state index is -0.720. The zero-order valence-electron chi connectivity index (χ0n) is 16.3. The first-order valence-electron chi connectivity index (χ1n) is 10.3. The minimum Gasteiger partial charge on any atom is -0.493 e. The highest BCUT2D eigenvalue weighted by atomic mass is 16.5. The van der Waals surface area contributed by atoms with Crippen LogP contribution in [-0.4, -0.2) is 23.8 Å². The van der Waals surface area contributed by atoms with E-state index in [9.17, 15) is 9.90 Å². The van der Waals surface area contributed by atoms with E-state index in [1.165, 1.54) is 0 Å². The Morgan fingerprint density at radius 3 is 2.46 bits per heavy atom. The van der Waals surface area contributed by atoms with Crippen LogP contribution in [-0.2, 0) is 4.79 Å². The van der Waals surface area contributed by atoms with Crippen LogP contribution in [0.3, 0.4) is 0 Å². The Labute approximate surface area is 166 Å². The van der Waals surface area contributed by atoms with Crippen molar-refractivity contribution in [2.45, 2.75) is 44.6 Å². The lowest BCUT2D eigenvalue weighted by Crippen LogP contribution is -2.37. The molecule has 148 valence electrons. The van der Waals surface area contributed by atoms with Crippen LogP contribution in [0.1, 0.15) is 44.1 Å². The summed E-state index contributed by atoms with van der Waals surface area (Å²) >= 11 is 0. The van der Waals surface area contributed by atoms with Gasteiger partial charge in [-0.3, -0.25) is 4.79 Å². The smallest absolute Gasteiger partial charge is 0.306 e. The average Bonchev–Trinajstić information content (AvgIpc) is 3.49. The molecule has 2 fully saturated rings. The van der Waals surface area contributed by atoms with Crippen molar-refractivity contribution in [1.82, 2.24) is 0 Å². The van der Waals surface area contributed by atoms with Gasteiger partial charge in [0.2, 0.25) is 0 Å². The molecular formula is C24H28O4. The second kappa shape index (κ2) is 8.26. The second-order valence-electron chi connectivity index (χ2n) is 8.26. The van der Waals surface area contributed by atoms with Crippen LogP contribution >= 0.6 is 0 Å². The summed E-state index contributed by atoms with van der Waals surface area (Å²) in [4.78, 5) is 11.5. The van der Waals surface area contributed by atoms with E-state index in [0.717, 1.165) is 42.7 Å². The van der Waals surface area contributed by atoms with Crippen molar-refractivity contribution in [2.24, 2.45) is 17.8 Å². The lowest BCUT2D eigenvalue weighted by molar-refractivity contribution is -0.142. The summed E-state index contributed by atoms with van der Waals surface area (Å²) in [6.07, 6.45) is 4.54. The van der Waals surface area contributed by atoms with Crippen molar-refractivity contribution in [3.05, 3.63) is 60.2 Å². The lowest BCUT2D eigenvalue weighted by Gasteiger charge is -2.35. The molecule has 4 nitrogen and oxygen atoms in total. The number of ether oxygens (including phenoxy) is 2. The van der Waals surface area contributed by atoms with Gasteiger partial charge in [0.15, 0.2) is 0 Å². The third kappa shape index (κ3) is 4.49. The van der Waals surface area contributed by atoms with Gasteiger partial charge in [0.25, 0.3) is 0 Å². The van der Waals surface area contributed by atoms with Gasteiger partial charge in [0.1, 0.15) is 11.5 Å². The van der Waals surface area contributed by atoms with Crippen LogP contribution in [0.15, 0.2) is 54.6 Å². The maximum atomic E-state index is 11.5. The highest BCUT2D eigenvalue weighted by Crippen LogP contribution is 2.47. The van der Waals surface area contributed by atoms with Gasteiger partial charge in [-0.1, -0.05) is 37.3 Å². The molecule has 2 unspecified atom stereocenters. The number of aliphatic carboxylic acids is 1. The summed E-state index contributed by atoms with van der Waals surface area (Å²) in [7, 11) is 0. The molecule has 2 saturated carbocycles. The summed E-state index contributed by atoms with van der Waals surface area (Å²) in [6.45, 7) is 2.50. The molecule has 4 heteroatoms. The molecule has 0 aliphatic heterocycles. The predicted octanol–water partition coefficient (Wildman–Crippen LogP) is 5.14. The summed E-state index contributed by atoms with van der Waals surface area (Å²) in [5.74, 6) is 1.76. The zero-order chi connectivity index (χ0) is 19.5. The largest absolute Gasteiger partial charge is 0.493 e. The molecule has 28 heavy (non-hydrogen) atoms. The van der Waals surface area contributed by atoms with Crippen molar-refractivity contribution in [1.29, 1.82) is 0 Å². The molecule has 0 spiro atoms. The third-order valence-electron chi connectivity index (χ3n) is 6.03. The first kappa shape index (κ1) is 18.9. The predicted molar refractivity (Wildman–Crippen MR) is 108 cm³/mol. The molecule has 0 aromatic heterocycles.